The molecule has 3 aromatic carbocycles. The van der Waals surface area contributed by atoms with Crippen LogP contribution in [0.4, 0.5) is 4.39 Å². The molecule has 5 heteroatoms. The van der Waals surface area contributed by atoms with Crippen molar-refractivity contribution in [3.63, 3.8) is 0 Å². The zero-order chi connectivity index (χ0) is 22.1. The highest BCUT2D eigenvalue weighted by Gasteiger charge is 2.53. The number of hydrogen-bond acceptors (Lipinski definition) is 3. The summed E-state index contributed by atoms with van der Waals surface area (Å²) in [6.07, 6.45) is 0.388. The molecule has 1 aliphatic rings. The van der Waals surface area contributed by atoms with Gasteiger partial charge in [0.1, 0.15) is 11.5 Å². The highest BCUT2D eigenvalue weighted by molar-refractivity contribution is 6.55. The third-order valence-electron chi connectivity index (χ3n) is 6.23. The van der Waals surface area contributed by atoms with Crippen LogP contribution in [0.5, 0.6) is 5.75 Å². The lowest BCUT2D eigenvalue weighted by Crippen LogP contribution is -2.41. The summed E-state index contributed by atoms with van der Waals surface area (Å²) in [7, 11) is -1.05. The molecular formula is C26H28BFO3. The fourth-order valence-corrected chi connectivity index (χ4v) is 3.75. The summed E-state index contributed by atoms with van der Waals surface area (Å²) in [5.41, 5.74) is -0.237. The molecule has 0 unspecified atom stereocenters. The van der Waals surface area contributed by atoms with Crippen molar-refractivity contribution in [2.24, 2.45) is 0 Å². The number of ether oxygens (including phenoxy) is 1. The average molecular weight is 418 g/mol. The second-order valence-corrected chi connectivity index (χ2v) is 8.85. The third-order valence-corrected chi connectivity index (χ3v) is 6.23. The first-order valence-electron chi connectivity index (χ1n) is 10.7. The van der Waals surface area contributed by atoms with Gasteiger partial charge in [-0.2, -0.15) is 0 Å². The topological polar surface area (TPSA) is 27.7 Å². The Balaban J connectivity index is 1.71. The molecule has 160 valence electrons. The molecule has 1 fully saturated rings. The van der Waals surface area contributed by atoms with Gasteiger partial charge in [0.05, 0.1) is 17.8 Å². The molecule has 1 saturated heterocycles. The molecule has 31 heavy (non-hydrogen) atoms. The van der Waals surface area contributed by atoms with Crippen molar-refractivity contribution in [2.75, 3.05) is 6.61 Å². The van der Waals surface area contributed by atoms with E-state index in [0.717, 1.165) is 22.1 Å². The maximum absolute atomic E-state index is 16.0. The van der Waals surface area contributed by atoms with E-state index in [1.807, 2.05) is 100 Å². The summed E-state index contributed by atoms with van der Waals surface area (Å²) in [4.78, 5) is 0. The van der Waals surface area contributed by atoms with Crippen molar-refractivity contribution < 1.29 is 18.4 Å². The van der Waals surface area contributed by atoms with Crippen LogP contribution in [0.25, 0.3) is 16.3 Å². The van der Waals surface area contributed by atoms with Gasteiger partial charge in [0.15, 0.2) is 0 Å². The summed E-state index contributed by atoms with van der Waals surface area (Å²) in [5.74, 6) is 0.760. The molecule has 0 aliphatic carbocycles. The lowest BCUT2D eigenvalue weighted by atomic mass is 9.81. The molecule has 0 radical (unpaired) electrons. The summed E-state index contributed by atoms with van der Waals surface area (Å²) < 4.78 is 33.9. The Morgan fingerprint density at radius 1 is 0.839 bits per heavy atom. The van der Waals surface area contributed by atoms with Crippen LogP contribution in [0.3, 0.4) is 0 Å². The maximum Gasteiger partial charge on any atom is 0.525 e. The predicted molar refractivity (Wildman–Crippen MR) is 125 cm³/mol. The highest BCUT2D eigenvalue weighted by atomic mass is 19.1. The van der Waals surface area contributed by atoms with E-state index in [-0.39, 0.29) is 0 Å². The lowest BCUT2D eigenvalue weighted by Gasteiger charge is -2.32. The fourth-order valence-electron chi connectivity index (χ4n) is 3.75. The number of para-hydroxylation sites is 1. The minimum atomic E-state index is -1.05. The molecule has 3 aromatic rings. The molecule has 0 spiro atoms. The molecule has 1 aliphatic heterocycles. The van der Waals surface area contributed by atoms with E-state index in [4.69, 9.17) is 14.0 Å². The number of fused-ring (bicyclic) bond motifs is 1. The van der Waals surface area contributed by atoms with Gasteiger partial charge >= 0.3 is 7.12 Å². The van der Waals surface area contributed by atoms with Gasteiger partial charge in [-0.25, -0.2) is 4.39 Å². The van der Waals surface area contributed by atoms with E-state index in [9.17, 15) is 0 Å². The number of halogens is 1. The Morgan fingerprint density at radius 3 is 2.16 bits per heavy atom. The minimum absolute atomic E-state index is 0.343. The van der Waals surface area contributed by atoms with E-state index < -0.39 is 24.0 Å². The van der Waals surface area contributed by atoms with Crippen LogP contribution < -0.4 is 4.74 Å². The van der Waals surface area contributed by atoms with Gasteiger partial charge in [0.2, 0.25) is 0 Å². The fraction of sp³-hybridized carbons (Fsp3) is 0.308. The van der Waals surface area contributed by atoms with Crippen LogP contribution in [-0.4, -0.2) is 24.9 Å². The Hall–Kier alpha value is -2.63. The molecule has 1 heterocycles. The van der Waals surface area contributed by atoms with E-state index in [2.05, 4.69) is 0 Å². The van der Waals surface area contributed by atoms with Crippen molar-refractivity contribution in [1.29, 1.82) is 0 Å². The van der Waals surface area contributed by atoms with Crippen molar-refractivity contribution in [3.05, 3.63) is 84.1 Å². The Labute approximate surface area is 184 Å². The van der Waals surface area contributed by atoms with E-state index >= 15 is 4.39 Å². The van der Waals surface area contributed by atoms with Crippen LogP contribution in [0.15, 0.2) is 78.5 Å². The Morgan fingerprint density at radius 2 is 1.45 bits per heavy atom. The van der Waals surface area contributed by atoms with Gasteiger partial charge in [-0.1, -0.05) is 60.7 Å². The second kappa shape index (κ2) is 8.48. The number of rotatable bonds is 6. The standard InChI is InChI=1S/C26H28BFO3/c1-25(2)26(3,4)31-27(30-25)24(28)23(17-18-29-20-13-6-5-7-14-20)22-16-10-12-19-11-8-9-15-21(19)22/h5-16H,17-18H2,1-4H3. The summed E-state index contributed by atoms with van der Waals surface area (Å²) >= 11 is 0. The van der Waals surface area contributed by atoms with Crippen molar-refractivity contribution in [3.8, 4) is 5.75 Å². The number of hydrogen-bond donors (Lipinski definition) is 0. The third kappa shape index (κ3) is 4.39. The first-order valence-corrected chi connectivity index (χ1v) is 10.7. The van der Waals surface area contributed by atoms with Crippen LogP contribution in [0.1, 0.15) is 39.7 Å². The molecule has 0 aromatic heterocycles. The average Bonchev–Trinajstić information content (AvgIpc) is 2.98. The summed E-state index contributed by atoms with van der Waals surface area (Å²) in [6, 6.07) is 23.5. The van der Waals surface area contributed by atoms with Gasteiger partial charge in [-0.3, -0.25) is 0 Å². The zero-order valence-corrected chi connectivity index (χ0v) is 18.5. The van der Waals surface area contributed by atoms with Crippen molar-refractivity contribution >= 4 is 23.5 Å². The molecule has 0 amide bonds. The molecule has 4 rings (SSSR count). The molecule has 3 nitrogen and oxygen atoms in total. The van der Waals surface area contributed by atoms with Gasteiger partial charge in [-0.15, -0.1) is 0 Å². The van der Waals surface area contributed by atoms with E-state index in [0.29, 0.717) is 18.6 Å². The predicted octanol–water partition coefficient (Wildman–Crippen LogP) is 6.62. The van der Waals surface area contributed by atoms with Crippen molar-refractivity contribution in [1.82, 2.24) is 0 Å². The van der Waals surface area contributed by atoms with Crippen LogP contribution >= 0.6 is 0 Å². The minimum Gasteiger partial charge on any atom is -0.493 e. The first-order chi connectivity index (χ1) is 14.8. The summed E-state index contributed by atoms with van der Waals surface area (Å²) in [6.45, 7) is 8.05. The van der Waals surface area contributed by atoms with E-state index in [1.54, 1.807) is 0 Å². The quantitative estimate of drug-likeness (QED) is 0.421. The molecule has 0 saturated carbocycles. The normalized spacial score (nSPS) is 18.2. The van der Waals surface area contributed by atoms with E-state index in [1.165, 1.54) is 0 Å². The Kier molecular flexibility index (Phi) is 5.91. The van der Waals surface area contributed by atoms with Crippen LogP contribution in [0, 0.1) is 0 Å². The van der Waals surface area contributed by atoms with Crippen molar-refractivity contribution in [2.45, 2.75) is 45.3 Å². The zero-order valence-electron chi connectivity index (χ0n) is 18.5. The van der Waals surface area contributed by atoms with Gasteiger partial charge in [-0.05, 0) is 61.7 Å². The summed E-state index contributed by atoms with van der Waals surface area (Å²) in [5, 5.41) is 2.05. The smallest absolute Gasteiger partial charge is 0.493 e. The first kappa shape index (κ1) is 21.6. The molecule has 0 bridgehead atoms. The van der Waals surface area contributed by atoms with Gasteiger partial charge < -0.3 is 14.0 Å². The Bertz CT molecular complexity index is 1070. The van der Waals surface area contributed by atoms with Gasteiger partial charge in [0, 0.05) is 6.42 Å². The number of benzene rings is 3. The largest absolute Gasteiger partial charge is 0.525 e. The van der Waals surface area contributed by atoms with Crippen LogP contribution in [-0.2, 0) is 9.31 Å². The van der Waals surface area contributed by atoms with Gasteiger partial charge in [0.25, 0.3) is 0 Å². The monoisotopic (exact) mass is 418 g/mol. The maximum atomic E-state index is 16.0. The SMILES string of the molecule is CC1(C)OB(C(F)=C(CCOc2ccccc2)c2cccc3ccccc23)OC1(C)C. The lowest BCUT2D eigenvalue weighted by molar-refractivity contribution is 0.00578. The molecule has 0 atom stereocenters. The van der Waals surface area contributed by atoms with Crippen LogP contribution in [0.2, 0.25) is 0 Å². The molecular weight excluding hydrogens is 390 g/mol. The molecule has 0 N–H and O–H groups in total. The highest BCUT2D eigenvalue weighted by Crippen LogP contribution is 2.41. The second-order valence-electron chi connectivity index (χ2n) is 8.85.